The van der Waals surface area contributed by atoms with Gasteiger partial charge in [-0.3, -0.25) is 28.9 Å². The molecule has 1 aliphatic heterocycles. The van der Waals surface area contributed by atoms with Crippen molar-refractivity contribution in [2.24, 2.45) is 7.05 Å². The van der Waals surface area contributed by atoms with Gasteiger partial charge >= 0.3 is 0 Å². The van der Waals surface area contributed by atoms with E-state index in [1.54, 1.807) is 35.3 Å². The number of carbonyl (C=O) groups is 3. The molecule has 5 rings (SSSR count). The van der Waals surface area contributed by atoms with Crippen LogP contribution in [-0.2, 0) is 11.8 Å². The summed E-state index contributed by atoms with van der Waals surface area (Å²) in [5.74, 6) is -0.496. The third-order valence-corrected chi connectivity index (χ3v) is 7.72. The Morgan fingerprint density at radius 3 is 2.53 bits per heavy atom. The topological polar surface area (TPSA) is 130 Å². The van der Waals surface area contributed by atoms with Crippen LogP contribution in [0.3, 0.4) is 0 Å². The Kier molecular flexibility index (Phi) is 7.20. The van der Waals surface area contributed by atoms with Crippen molar-refractivity contribution in [3.8, 4) is 10.4 Å². The normalized spacial score (nSPS) is 14.1. The molecule has 12 nitrogen and oxygen atoms in total. The number of pyridine rings is 1. The molecule has 1 aliphatic rings. The van der Waals surface area contributed by atoms with E-state index in [1.807, 2.05) is 24.3 Å². The molecule has 4 aromatic rings. The summed E-state index contributed by atoms with van der Waals surface area (Å²) < 4.78 is 3.40. The van der Waals surface area contributed by atoms with Crippen molar-refractivity contribution in [2.75, 3.05) is 44.6 Å². The second kappa shape index (κ2) is 10.7. The van der Waals surface area contributed by atoms with Crippen LogP contribution < -0.4 is 10.6 Å². The number of fused-ring (bicyclic) bond motifs is 1. The summed E-state index contributed by atoms with van der Waals surface area (Å²) >= 11 is 1.45. The number of rotatable bonds is 7. The lowest BCUT2D eigenvalue weighted by atomic mass is 10.2. The van der Waals surface area contributed by atoms with Crippen molar-refractivity contribution in [3.05, 3.63) is 53.9 Å². The predicted octanol–water partition coefficient (Wildman–Crippen LogP) is 1.65. The summed E-state index contributed by atoms with van der Waals surface area (Å²) in [5.41, 5.74) is 2.81. The largest absolute Gasteiger partial charge is 0.351 e. The average Bonchev–Trinajstić information content (AvgIpc) is 3.61. The first-order valence-electron chi connectivity index (χ1n) is 12.3. The number of aromatic nitrogens is 5. The van der Waals surface area contributed by atoms with Gasteiger partial charge in [0.2, 0.25) is 5.91 Å². The Hall–Kier alpha value is -4.10. The monoisotopic (exact) mass is 535 g/mol. The molecule has 0 spiro atoms. The zero-order chi connectivity index (χ0) is 26.8. The van der Waals surface area contributed by atoms with Crippen LogP contribution >= 0.6 is 11.3 Å². The second-order valence-corrected chi connectivity index (χ2v) is 10.3. The maximum absolute atomic E-state index is 13.2. The lowest BCUT2D eigenvalue weighted by molar-refractivity contribution is -0.130. The molecular weight excluding hydrogens is 506 g/mol. The number of nitrogens with zero attached hydrogens (tertiary/aromatic N) is 7. The molecule has 0 atom stereocenters. The Morgan fingerprint density at radius 2 is 1.82 bits per heavy atom. The van der Waals surface area contributed by atoms with Gasteiger partial charge in [-0.2, -0.15) is 10.2 Å². The van der Waals surface area contributed by atoms with E-state index in [-0.39, 0.29) is 17.7 Å². The summed E-state index contributed by atoms with van der Waals surface area (Å²) in [5, 5.41) is 14.3. The van der Waals surface area contributed by atoms with E-state index in [4.69, 9.17) is 0 Å². The highest BCUT2D eigenvalue weighted by Gasteiger charge is 2.20. The maximum atomic E-state index is 13.2. The van der Waals surface area contributed by atoms with Crippen molar-refractivity contribution < 1.29 is 14.4 Å². The molecule has 0 aliphatic carbocycles. The van der Waals surface area contributed by atoms with Crippen LogP contribution in [0.25, 0.3) is 15.3 Å². The molecular formula is C25H29N9O3S. The molecule has 198 valence electrons. The van der Waals surface area contributed by atoms with E-state index in [2.05, 4.69) is 30.7 Å². The third-order valence-electron chi connectivity index (χ3n) is 6.56. The van der Waals surface area contributed by atoms with Gasteiger partial charge in [0.25, 0.3) is 11.8 Å². The quantitative estimate of drug-likeness (QED) is 0.368. The minimum Gasteiger partial charge on any atom is -0.351 e. The zero-order valence-corrected chi connectivity index (χ0v) is 22.3. The van der Waals surface area contributed by atoms with Crippen LogP contribution in [0.15, 0.2) is 37.1 Å². The van der Waals surface area contributed by atoms with Gasteiger partial charge in [0.15, 0.2) is 0 Å². The molecule has 3 amide bonds. The number of aryl methyl sites for hydroxylation is 2. The Morgan fingerprint density at radius 1 is 1.03 bits per heavy atom. The van der Waals surface area contributed by atoms with Gasteiger partial charge < -0.3 is 15.5 Å². The van der Waals surface area contributed by atoms with Crippen LogP contribution in [0.2, 0.25) is 0 Å². The van der Waals surface area contributed by atoms with Crippen molar-refractivity contribution in [1.29, 1.82) is 0 Å². The lowest BCUT2D eigenvalue weighted by Crippen LogP contribution is -2.49. The van der Waals surface area contributed by atoms with Crippen molar-refractivity contribution in [3.63, 3.8) is 0 Å². The number of nitrogens with one attached hydrogen (secondary N) is 2. The Bertz CT molecular complexity index is 1500. The minimum atomic E-state index is -0.327. The van der Waals surface area contributed by atoms with Gasteiger partial charge in [-0.25, -0.2) is 4.52 Å². The summed E-state index contributed by atoms with van der Waals surface area (Å²) in [6, 6.07) is 1.64. The average molecular weight is 536 g/mol. The third kappa shape index (κ3) is 5.43. The van der Waals surface area contributed by atoms with Gasteiger partial charge in [-0.05, 0) is 13.0 Å². The molecule has 0 unspecified atom stereocenters. The van der Waals surface area contributed by atoms with Crippen LogP contribution in [0.4, 0.5) is 5.69 Å². The predicted molar refractivity (Wildman–Crippen MR) is 143 cm³/mol. The number of hydrogen-bond acceptors (Lipinski definition) is 8. The molecule has 0 radical (unpaired) electrons. The Balaban J connectivity index is 1.21. The molecule has 0 bridgehead atoms. The van der Waals surface area contributed by atoms with Crippen molar-refractivity contribution in [1.82, 2.24) is 39.5 Å². The number of piperazine rings is 1. The van der Waals surface area contributed by atoms with E-state index < -0.39 is 0 Å². The first kappa shape index (κ1) is 25.5. The number of carbonyl (C=O) groups excluding carboxylic acids is 3. The zero-order valence-electron chi connectivity index (χ0n) is 21.5. The van der Waals surface area contributed by atoms with E-state index in [0.29, 0.717) is 53.5 Å². The fraction of sp³-hybridized carbons (Fsp3) is 0.360. The van der Waals surface area contributed by atoms with Crippen LogP contribution in [0.1, 0.15) is 33.3 Å². The number of hydrogen-bond donors (Lipinski definition) is 2. The molecule has 38 heavy (non-hydrogen) atoms. The minimum absolute atomic E-state index is 0.0930. The molecule has 0 saturated carbocycles. The fourth-order valence-electron chi connectivity index (χ4n) is 4.31. The summed E-state index contributed by atoms with van der Waals surface area (Å²) in [6.07, 6.45) is 8.58. The first-order chi connectivity index (χ1) is 18.3. The van der Waals surface area contributed by atoms with Gasteiger partial charge in [-0.1, -0.05) is 0 Å². The summed E-state index contributed by atoms with van der Waals surface area (Å²) in [6.45, 7) is 7.50. The highest BCUT2D eigenvalue weighted by Crippen LogP contribution is 2.30. The van der Waals surface area contributed by atoms with E-state index >= 15 is 0 Å². The molecule has 0 aromatic carbocycles. The van der Waals surface area contributed by atoms with Gasteiger partial charge in [0, 0.05) is 77.4 Å². The first-order valence-corrected chi connectivity index (χ1v) is 13.1. The van der Waals surface area contributed by atoms with Crippen LogP contribution in [0, 0.1) is 6.92 Å². The number of anilines is 1. The van der Waals surface area contributed by atoms with E-state index in [1.165, 1.54) is 23.7 Å². The Labute approximate surface area is 223 Å². The molecule has 13 heteroatoms. The fourth-order valence-corrected chi connectivity index (χ4v) is 5.35. The smallest absolute Gasteiger partial charge is 0.260 e. The van der Waals surface area contributed by atoms with Crippen molar-refractivity contribution >= 4 is 39.6 Å². The number of thiazole rings is 1. The molecule has 5 heterocycles. The molecule has 4 aromatic heterocycles. The SMILES string of the molecule is CC(=O)N1CCN(CCNC(=O)c2cnc(C)c(NC(=O)c3cnn4cc(-c5cnn(C)c5)sc34)c2)CC1. The van der Waals surface area contributed by atoms with Gasteiger partial charge in [0.1, 0.15) is 4.83 Å². The highest BCUT2D eigenvalue weighted by molar-refractivity contribution is 7.21. The van der Waals surface area contributed by atoms with E-state index in [0.717, 1.165) is 23.5 Å². The number of amides is 3. The highest BCUT2D eigenvalue weighted by atomic mass is 32.1. The van der Waals surface area contributed by atoms with Crippen LogP contribution in [0.5, 0.6) is 0 Å². The summed E-state index contributed by atoms with van der Waals surface area (Å²) in [4.78, 5) is 47.4. The maximum Gasteiger partial charge on any atom is 0.260 e. The van der Waals surface area contributed by atoms with Gasteiger partial charge in [-0.15, -0.1) is 11.3 Å². The molecule has 1 saturated heterocycles. The molecule has 1 fully saturated rings. The summed E-state index contributed by atoms with van der Waals surface area (Å²) in [7, 11) is 1.85. The lowest BCUT2D eigenvalue weighted by Gasteiger charge is -2.34. The van der Waals surface area contributed by atoms with Gasteiger partial charge in [0.05, 0.1) is 39.8 Å². The molecule has 2 N–H and O–H groups in total. The van der Waals surface area contributed by atoms with Crippen LogP contribution in [-0.4, -0.2) is 91.2 Å². The second-order valence-electron chi connectivity index (χ2n) is 9.22. The van der Waals surface area contributed by atoms with E-state index in [9.17, 15) is 14.4 Å². The standard InChI is InChI=1S/C25H29N9O3S/c1-16-21(10-18(11-27-16)23(36)26-4-5-32-6-8-33(9-7-32)17(2)35)30-24(37)20-13-29-34-15-22(38-25(20)34)19-12-28-31(3)14-19/h10-15H,4-9H2,1-3H3,(H,26,36)(H,30,37). The van der Waals surface area contributed by atoms with Crippen molar-refractivity contribution in [2.45, 2.75) is 13.8 Å².